The number of hydrogen-bond acceptors (Lipinski definition) is 1. The smallest absolute Gasteiger partial charge is 0.422 e. The second-order valence-corrected chi connectivity index (χ2v) is 2.90. The Morgan fingerprint density at radius 2 is 1.71 bits per heavy atom. The van der Waals surface area contributed by atoms with Gasteiger partial charge in [-0.05, 0) is 5.56 Å². The second-order valence-electron chi connectivity index (χ2n) is 2.90. The van der Waals surface area contributed by atoms with Crippen molar-refractivity contribution in [2.24, 2.45) is 0 Å². The standard InChI is InChI=1S/C8H8.C4H3F3O2/c1-2-8-6-4-3-5-7-8;1-2(3(8)9)4(5,6)7/h2-7H,1H2;1H2,(H,8,9). The van der Waals surface area contributed by atoms with Crippen LogP contribution < -0.4 is 0 Å². The molecule has 0 saturated heterocycles. The van der Waals surface area contributed by atoms with Crippen molar-refractivity contribution in [1.82, 2.24) is 0 Å². The molecule has 0 aliphatic rings. The van der Waals surface area contributed by atoms with E-state index in [9.17, 15) is 18.0 Å². The monoisotopic (exact) mass is 244 g/mol. The number of carboxylic acids is 1. The first-order valence-corrected chi connectivity index (χ1v) is 4.46. The summed E-state index contributed by atoms with van der Waals surface area (Å²) in [6.45, 7) is 5.93. The van der Waals surface area contributed by atoms with Crippen molar-refractivity contribution >= 4 is 12.0 Å². The van der Waals surface area contributed by atoms with Crippen LogP contribution in [0.2, 0.25) is 0 Å². The number of halogens is 3. The Labute approximate surface area is 96.7 Å². The van der Waals surface area contributed by atoms with E-state index in [0.29, 0.717) is 0 Å². The van der Waals surface area contributed by atoms with Crippen LogP contribution in [0.4, 0.5) is 13.2 Å². The molecule has 0 radical (unpaired) electrons. The van der Waals surface area contributed by atoms with Crippen LogP contribution in [0.3, 0.4) is 0 Å². The van der Waals surface area contributed by atoms with Gasteiger partial charge in [-0.15, -0.1) is 0 Å². The van der Waals surface area contributed by atoms with Gasteiger partial charge >= 0.3 is 12.1 Å². The van der Waals surface area contributed by atoms with Crippen LogP contribution in [0.1, 0.15) is 5.56 Å². The highest BCUT2D eigenvalue weighted by Crippen LogP contribution is 2.23. The minimum Gasteiger partial charge on any atom is -0.478 e. The largest absolute Gasteiger partial charge is 0.478 e. The van der Waals surface area contributed by atoms with Gasteiger partial charge in [0.05, 0.1) is 0 Å². The fraction of sp³-hybridized carbons (Fsp3) is 0.0833. The quantitative estimate of drug-likeness (QED) is 0.808. The summed E-state index contributed by atoms with van der Waals surface area (Å²) in [7, 11) is 0. The third-order valence-electron chi connectivity index (χ3n) is 1.64. The van der Waals surface area contributed by atoms with E-state index in [0.717, 1.165) is 0 Å². The molecule has 0 fully saturated rings. The molecule has 0 bridgehead atoms. The third kappa shape index (κ3) is 6.19. The van der Waals surface area contributed by atoms with E-state index in [-0.39, 0.29) is 0 Å². The molecule has 92 valence electrons. The molecule has 0 atom stereocenters. The summed E-state index contributed by atoms with van der Waals surface area (Å²) in [5, 5.41) is 7.70. The van der Waals surface area contributed by atoms with Gasteiger partial charge < -0.3 is 5.11 Å². The van der Waals surface area contributed by atoms with Gasteiger partial charge in [-0.3, -0.25) is 0 Å². The summed E-state index contributed by atoms with van der Waals surface area (Å²) >= 11 is 0. The Kier molecular flexibility index (Phi) is 5.74. The molecule has 1 aromatic rings. The fourth-order valence-electron chi connectivity index (χ4n) is 0.710. The Bertz CT molecular complexity index is 394. The van der Waals surface area contributed by atoms with E-state index < -0.39 is 17.7 Å². The van der Waals surface area contributed by atoms with Crippen LogP contribution in [0.15, 0.2) is 49.1 Å². The lowest BCUT2D eigenvalue weighted by molar-refractivity contribution is -0.144. The SMILES string of the molecule is C=C(C(=O)O)C(F)(F)F.C=Cc1ccccc1. The number of carbonyl (C=O) groups is 1. The zero-order valence-electron chi connectivity index (χ0n) is 8.87. The van der Waals surface area contributed by atoms with Crippen molar-refractivity contribution in [3.8, 4) is 0 Å². The molecule has 1 rings (SSSR count). The van der Waals surface area contributed by atoms with Crippen molar-refractivity contribution in [3.05, 3.63) is 54.6 Å². The Morgan fingerprint density at radius 1 is 1.24 bits per heavy atom. The predicted octanol–water partition coefficient (Wildman–Crippen LogP) is 3.52. The second kappa shape index (κ2) is 6.52. The van der Waals surface area contributed by atoms with E-state index in [2.05, 4.69) is 13.2 Å². The Balaban J connectivity index is 0.000000302. The molecule has 0 unspecified atom stereocenters. The van der Waals surface area contributed by atoms with Gasteiger partial charge in [0.15, 0.2) is 0 Å². The molecular weight excluding hydrogens is 233 g/mol. The van der Waals surface area contributed by atoms with E-state index in [1.807, 2.05) is 36.4 Å². The number of benzene rings is 1. The maximum atomic E-state index is 11.2. The van der Waals surface area contributed by atoms with Gasteiger partial charge in [0.1, 0.15) is 5.57 Å². The first-order valence-electron chi connectivity index (χ1n) is 4.46. The van der Waals surface area contributed by atoms with Crippen molar-refractivity contribution < 1.29 is 23.1 Å². The predicted molar refractivity (Wildman–Crippen MR) is 59.4 cm³/mol. The molecule has 5 heteroatoms. The van der Waals surface area contributed by atoms with Gasteiger partial charge in [0.25, 0.3) is 0 Å². The van der Waals surface area contributed by atoms with Gasteiger partial charge in [0, 0.05) is 0 Å². The number of carboxylic acid groups (broad SMARTS) is 1. The van der Waals surface area contributed by atoms with Gasteiger partial charge in [0.2, 0.25) is 0 Å². The molecule has 0 heterocycles. The molecule has 1 N–H and O–H groups in total. The van der Waals surface area contributed by atoms with Crippen molar-refractivity contribution in [2.75, 3.05) is 0 Å². The highest BCUT2D eigenvalue weighted by Gasteiger charge is 2.36. The van der Waals surface area contributed by atoms with E-state index in [1.54, 1.807) is 0 Å². The zero-order chi connectivity index (χ0) is 13.5. The van der Waals surface area contributed by atoms with Gasteiger partial charge in [-0.25, -0.2) is 4.79 Å². The van der Waals surface area contributed by atoms with E-state index in [4.69, 9.17) is 5.11 Å². The average Bonchev–Trinajstić information content (AvgIpc) is 2.28. The maximum Gasteiger partial charge on any atom is 0.422 e. The van der Waals surface area contributed by atoms with Crippen LogP contribution in [-0.2, 0) is 4.79 Å². The van der Waals surface area contributed by atoms with Crippen LogP contribution in [0.25, 0.3) is 6.08 Å². The van der Waals surface area contributed by atoms with Crippen molar-refractivity contribution in [3.63, 3.8) is 0 Å². The molecular formula is C12H11F3O2. The normalized spacial score (nSPS) is 9.82. The molecule has 17 heavy (non-hydrogen) atoms. The molecule has 0 spiro atoms. The van der Waals surface area contributed by atoms with Gasteiger partial charge in [-0.2, -0.15) is 13.2 Å². The highest BCUT2D eigenvalue weighted by atomic mass is 19.4. The summed E-state index contributed by atoms with van der Waals surface area (Å²) in [4.78, 5) is 9.53. The highest BCUT2D eigenvalue weighted by molar-refractivity contribution is 5.87. The lowest BCUT2D eigenvalue weighted by atomic mass is 10.2. The van der Waals surface area contributed by atoms with E-state index >= 15 is 0 Å². The molecule has 0 aliphatic heterocycles. The average molecular weight is 244 g/mol. The van der Waals surface area contributed by atoms with Crippen LogP contribution >= 0.6 is 0 Å². The topological polar surface area (TPSA) is 37.3 Å². The third-order valence-corrected chi connectivity index (χ3v) is 1.64. The Hall–Kier alpha value is -2.04. The van der Waals surface area contributed by atoms with Crippen LogP contribution in [0.5, 0.6) is 0 Å². The summed E-state index contributed by atoms with van der Waals surface area (Å²) in [6.07, 6.45) is -2.98. The number of rotatable bonds is 2. The zero-order valence-corrected chi connectivity index (χ0v) is 8.87. The maximum absolute atomic E-state index is 11.2. The first kappa shape index (κ1) is 15.0. The fourth-order valence-corrected chi connectivity index (χ4v) is 0.710. The number of hydrogen-bond donors (Lipinski definition) is 1. The Morgan fingerprint density at radius 3 is 1.88 bits per heavy atom. The molecule has 0 amide bonds. The van der Waals surface area contributed by atoms with Crippen molar-refractivity contribution in [1.29, 1.82) is 0 Å². The van der Waals surface area contributed by atoms with Gasteiger partial charge in [-0.1, -0.05) is 49.6 Å². The molecule has 0 saturated carbocycles. The minimum absolute atomic E-state index is 1.17. The first-order chi connectivity index (χ1) is 7.79. The molecule has 1 aromatic carbocycles. The lowest BCUT2D eigenvalue weighted by Gasteiger charge is -2.02. The molecule has 0 aliphatic carbocycles. The lowest BCUT2D eigenvalue weighted by Crippen LogP contribution is -2.18. The summed E-state index contributed by atoms with van der Waals surface area (Å²) < 4.78 is 33.7. The summed E-state index contributed by atoms with van der Waals surface area (Å²) in [5.74, 6) is -2.04. The number of alkyl halides is 3. The van der Waals surface area contributed by atoms with E-state index in [1.165, 1.54) is 5.56 Å². The van der Waals surface area contributed by atoms with Crippen molar-refractivity contribution in [2.45, 2.75) is 6.18 Å². The number of aliphatic carboxylic acids is 1. The summed E-state index contributed by atoms with van der Waals surface area (Å²) in [6, 6.07) is 10.0. The van der Waals surface area contributed by atoms with Crippen LogP contribution in [-0.4, -0.2) is 17.3 Å². The molecule has 2 nitrogen and oxygen atoms in total. The minimum atomic E-state index is -4.81. The molecule has 0 aromatic heterocycles. The summed E-state index contributed by atoms with van der Waals surface area (Å²) in [5.41, 5.74) is -0.574. The van der Waals surface area contributed by atoms with Crippen LogP contribution in [0, 0.1) is 0 Å².